The van der Waals surface area contributed by atoms with Crippen molar-refractivity contribution >= 4 is 21.7 Å². The van der Waals surface area contributed by atoms with Gasteiger partial charge >= 0.3 is 0 Å². The van der Waals surface area contributed by atoms with Crippen molar-refractivity contribution in [3.63, 3.8) is 0 Å². The minimum atomic E-state index is 0.00405. The number of carbonyl (C=O) groups excluding carboxylic acids is 1. The SMILES string of the molecule is CN(C)CC(=O)c1c(Br)nnn1C. The standard InChI is InChI=1S/C7H11BrN4O/c1-11(2)4-5(13)6-7(8)9-10-12(6)3/h4H2,1-3H3. The number of aryl methyl sites for hydroxylation is 1. The lowest BCUT2D eigenvalue weighted by atomic mass is 10.3. The molecule has 0 aromatic carbocycles. The van der Waals surface area contributed by atoms with Gasteiger partial charge in [-0.15, -0.1) is 5.10 Å². The zero-order chi connectivity index (χ0) is 10.0. The quantitative estimate of drug-likeness (QED) is 0.722. The molecular formula is C7H11BrN4O. The van der Waals surface area contributed by atoms with E-state index in [0.717, 1.165) is 0 Å². The largest absolute Gasteiger partial charge is 0.302 e. The van der Waals surface area contributed by atoms with E-state index < -0.39 is 0 Å². The van der Waals surface area contributed by atoms with E-state index in [1.54, 1.807) is 7.05 Å². The van der Waals surface area contributed by atoms with E-state index in [2.05, 4.69) is 26.2 Å². The molecule has 0 atom stereocenters. The van der Waals surface area contributed by atoms with Crippen LogP contribution in [0.5, 0.6) is 0 Å². The van der Waals surface area contributed by atoms with Crippen LogP contribution in [-0.4, -0.2) is 46.3 Å². The van der Waals surface area contributed by atoms with Crippen molar-refractivity contribution in [3.05, 3.63) is 10.3 Å². The number of nitrogens with zero attached hydrogens (tertiary/aromatic N) is 4. The van der Waals surface area contributed by atoms with Gasteiger partial charge in [-0.05, 0) is 30.0 Å². The number of hydrogen-bond donors (Lipinski definition) is 0. The molecule has 0 bridgehead atoms. The van der Waals surface area contributed by atoms with Crippen molar-refractivity contribution in [3.8, 4) is 0 Å². The van der Waals surface area contributed by atoms with Gasteiger partial charge in [-0.2, -0.15) is 0 Å². The third-order valence-electron chi connectivity index (χ3n) is 1.51. The summed E-state index contributed by atoms with van der Waals surface area (Å²) < 4.78 is 1.97. The molecule has 1 aromatic heterocycles. The zero-order valence-corrected chi connectivity index (χ0v) is 9.37. The maximum Gasteiger partial charge on any atom is 0.197 e. The van der Waals surface area contributed by atoms with E-state index in [9.17, 15) is 4.79 Å². The summed E-state index contributed by atoms with van der Waals surface area (Å²) >= 11 is 3.17. The highest BCUT2D eigenvalue weighted by molar-refractivity contribution is 9.10. The van der Waals surface area contributed by atoms with Gasteiger partial charge in [0, 0.05) is 7.05 Å². The number of aromatic nitrogens is 3. The monoisotopic (exact) mass is 246 g/mol. The number of Topliss-reactive ketones (excluding diaryl/α,β-unsaturated/α-hetero) is 1. The van der Waals surface area contributed by atoms with Gasteiger partial charge in [-0.3, -0.25) is 4.79 Å². The molecule has 0 saturated heterocycles. The molecule has 0 N–H and O–H groups in total. The van der Waals surface area contributed by atoms with Gasteiger partial charge in [0.15, 0.2) is 10.4 Å². The normalized spacial score (nSPS) is 10.8. The number of rotatable bonds is 3. The summed E-state index contributed by atoms with van der Waals surface area (Å²) in [4.78, 5) is 13.4. The lowest BCUT2D eigenvalue weighted by molar-refractivity contribution is 0.0948. The van der Waals surface area contributed by atoms with Gasteiger partial charge in [0.1, 0.15) is 5.69 Å². The van der Waals surface area contributed by atoms with Crippen molar-refractivity contribution in [2.24, 2.45) is 7.05 Å². The second-order valence-electron chi connectivity index (χ2n) is 3.01. The molecule has 5 nitrogen and oxygen atoms in total. The summed E-state index contributed by atoms with van der Waals surface area (Å²) in [7, 11) is 5.38. The molecule has 0 saturated carbocycles. The fraction of sp³-hybridized carbons (Fsp3) is 0.571. The first kappa shape index (κ1) is 10.3. The van der Waals surface area contributed by atoms with Gasteiger partial charge in [0.2, 0.25) is 0 Å². The van der Waals surface area contributed by atoms with Crippen molar-refractivity contribution in [2.75, 3.05) is 20.6 Å². The molecule has 6 heteroatoms. The number of likely N-dealkylation sites (N-methyl/N-ethyl adjacent to an activating group) is 1. The van der Waals surface area contributed by atoms with Gasteiger partial charge < -0.3 is 4.90 Å². The topological polar surface area (TPSA) is 51.0 Å². The van der Waals surface area contributed by atoms with E-state index >= 15 is 0 Å². The first-order valence-electron chi connectivity index (χ1n) is 3.75. The maximum atomic E-state index is 11.6. The molecule has 0 fully saturated rings. The van der Waals surface area contributed by atoms with Crippen LogP contribution in [0.4, 0.5) is 0 Å². The van der Waals surface area contributed by atoms with Gasteiger partial charge in [-0.1, -0.05) is 5.21 Å². The molecule has 1 aromatic rings. The van der Waals surface area contributed by atoms with E-state index in [0.29, 0.717) is 16.8 Å². The molecule has 0 aliphatic heterocycles. The highest BCUT2D eigenvalue weighted by Crippen LogP contribution is 2.12. The fourth-order valence-corrected chi connectivity index (χ4v) is 1.54. The molecule has 0 aliphatic carbocycles. The van der Waals surface area contributed by atoms with Crippen LogP contribution in [0.15, 0.2) is 4.60 Å². The van der Waals surface area contributed by atoms with Crippen LogP contribution in [-0.2, 0) is 7.05 Å². The molecule has 1 heterocycles. The predicted molar refractivity (Wildman–Crippen MR) is 51.6 cm³/mol. The van der Waals surface area contributed by atoms with Crippen LogP contribution < -0.4 is 0 Å². The molecule has 0 amide bonds. The number of ketones is 1. The van der Waals surface area contributed by atoms with Crippen LogP contribution in [0.3, 0.4) is 0 Å². The molecule has 72 valence electrons. The van der Waals surface area contributed by atoms with Crippen LogP contribution in [0, 0.1) is 0 Å². The molecule has 13 heavy (non-hydrogen) atoms. The average Bonchev–Trinajstić information content (AvgIpc) is 2.29. The average molecular weight is 247 g/mol. The maximum absolute atomic E-state index is 11.6. The Morgan fingerprint density at radius 1 is 1.62 bits per heavy atom. The van der Waals surface area contributed by atoms with Crippen LogP contribution in [0.25, 0.3) is 0 Å². The Hall–Kier alpha value is -0.750. The highest BCUT2D eigenvalue weighted by atomic mass is 79.9. The highest BCUT2D eigenvalue weighted by Gasteiger charge is 2.16. The van der Waals surface area contributed by atoms with E-state index in [1.807, 2.05) is 19.0 Å². The Labute approximate surface area is 84.8 Å². The number of halogens is 1. The molecule has 0 spiro atoms. The summed E-state index contributed by atoms with van der Waals surface area (Å²) in [5.41, 5.74) is 0.508. The third-order valence-corrected chi connectivity index (χ3v) is 2.04. The second kappa shape index (κ2) is 3.97. The van der Waals surface area contributed by atoms with Gasteiger partial charge in [0.25, 0.3) is 0 Å². The summed E-state index contributed by atoms with van der Waals surface area (Å²) in [5, 5.41) is 7.46. The smallest absolute Gasteiger partial charge is 0.197 e. The fourth-order valence-electron chi connectivity index (χ4n) is 0.990. The first-order valence-corrected chi connectivity index (χ1v) is 4.54. The zero-order valence-electron chi connectivity index (χ0n) is 7.78. The van der Waals surface area contributed by atoms with E-state index in [-0.39, 0.29) is 5.78 Å². The van der Waals surface area contributed by atoms with Crippen molar-refractivity contribution in [1.82, 2.24) is 19.9 Å². The van der Waals surface area contributed by atoms with E-state index in [1.165, 1.54) is 4.68 Å². The van der Waals surface area contributed by atoms with Crippen molar-refractivity contribution in [1.29, 1.82) is 0 Å². The lowest BCUT2D eigenvalue weighted by Gasteiger charge is -2.07. The Morgan fingerprint density at radius 3 is 2.62 bits per heavy atom. The molecule has 0 radical (unpaired) electrons. The molecule has 0 unspecified atom stereocenters. The Bertz CT molecular complexity index is 301. The van der Waals surface area contributed by atoms with Gasteiger partial charge in [-0.25, -0.2) is 4.68 Å². The lowest BCUT2D eigenvalue weighted by Crippen LogP contribution is -2.23. The van der Waals surface area contributed by atoms with Gasteiger partial charge in [0.05, 0.1) is 6.54 Å². The molecule has 0 aliphatic rings. The summed E-state index contributed by atoms with van der Waals surface area (Å²) in [6.45, 7) is 0.361. The third kappa shape index (κ3) is 2.35. The second-order valence-corrected chi connectivity index (χ2v) is 3.76. The van der Waals surface area contributed by atoms with Crippen molar-refractivity contribution in [2.45, 2.75) is 0 Å². The van der Waals surface area contributed by atoms with E-state index in [4.69, 9.17) is 0 Å². The Balaban J connectivity index is 2.88. The number of hydrogen-bond acceptors (Lipinski definition) is 4. The Morgan fingerprint density at radius 2 is 2.23 bits per heavy atom. The first-order chi connectivity index (χ1) is 6.02. The Kier molecular flexibility index (Phi) is 3.16. The van der Waals surface area contributed by atoms with Crippen LogP contribution in [0.1, 0.15) is 10.5 Å². The number of carbonyl (C=O) groups is 1. The minimum Gasteiger partial charge on any atom is -0.302 e. The van der Waals surface area contributed by atoms with Crippen LogP contribution in [0.2, 0.25) is 0 Å². The van der Waals surface area contributed by atoms with Crippen molar-refractivity contribution < 1.29 is 4.79 Å². The summed E-state index contributed by atoms with van der Waals surface area (Å²) in [6.07, 6.45) is 0. The summed E-state index contributed by atoms with van der Waals surface area (Å²) in [6, 6.07) is 0. The minimum absolute atomic E-state index is 0.00405. The van der Waals surface area contributed by atoms with Crippen LogP contribution >= 0.6 is 15.9 Å². The molecule has 1 rings (SSSR count). The molecular weight excluding hydrogens is 236 g/mol. The predicted octanol–water partition coefficient (Wildman–Crippen LogP) is 0.322. The summed E-state index contributed by atoms with van der Waals surface area (Å²) in [5.74, 6) is 0.00405.